The van der Waals surface area contributed by atoms with Crippen LogP contribution in [0.4, 0.5) is 5.95 Å². The van der Waals surface area contributed by atoms with Gasteiger partial charge in [-0.3, -0.25) is 9.69 Å². The lowest BCUT2D eigenvalue weighted by Gasteiger charge is -2.38. The monoisotopic (exact) mass is 331 g/mol. The van der Waals surface area contributed by atoms with Gasteiger partial charge in [-0.15, -0.1) is 0 Å². The topological polar surface area (TPSA) is 61.4 Å². The fourth-order valence-electron chi connectivity index (χ4n) is 3.76. The molecule has 132 valence electrons. The molecule has 0 unspecified atom stereocenters. The summed E-state index contributed by atoms with van der Waals surface area (Å²) in [5.41, 5.74) is 0. The molecule has 1 N–H and O–H groups in total. The average Bonchev–Trinajstić information content (AvgIpc) is 2.64. The Labute approximate surface area is 144 Å². The van der Waals surface area contributed by atoms with Crippen LogP contribution in [0.25, 0.3) is 0 Å². The van der Waals surface area contributed by atoms with Crippen LogP contribution < -0.4 is 10.2 Å². The molecular weight excluding hydrogens is 302 g/mol. The van der Waals surface area contributed by atoms with Gasteiger partial charge in [-0.1, -0.05) is 19.8 Å². The molecule has 6 nitrogen and oxygen atoms in total. The minimum atomic E-state index is -0.0713. The molecule has 1 aromatic rings. The Balaban J connectivity index is 1.49. The highest BCUT2D eigenvalue weighted by Crippen LogP contribution is 2.24. The number of piperazine rings is 1. The van der Waals surface area contributed by atoms with E-state index in [1.807, 2.05) is 13.0 Å². The van der Waals surface area contributed by atoms with E-state index in [1.165, 1.54) is 19.3 Å². The Bertz CT molecular complexity index is 529. The van der Waals surface area contributed by atoms with Crippen LogP contribution in [-0.4, -0.2) is 59.0 Å². The Morgan fingerprint density at radius 1 is 1.17 bits per heavy atom. The quantitative estimate of drug-likeness (QED) is 0.909. The molecule has 0 spiro atoms. The van der Waals surface area contributed by atoms with Gasteiger partial charge in [0.1, 0.15) is 0 Å². The largest absolute Gasteiger partial charge is 0.352 e. The number of nitrogens with zero attached hydrogens (tertiary/aromatic N) is 4. The smallest absolute Gasteiger partial charge is 0.237 e. The zero-order valence-electron chi connectivity index (χ0n) is 14.8. The molecule has 1 amide bonds. The third kappa shape index (κ3) is 4.04. The number of amides is 1. The molecular formula is C18H29N5O. The average molecular weight is 331 g/mol. The molecule has 0 radical (unpaired) electrons. The second kappa shape index (κ2) is 7.92. The van der Waals surface area contributed by atoms with Crippen LogP contribution in [-0.2, 0) is 4.79 Å². The molecule has 2 aliphatic rings. The normalized spacial score (nSPS) is 26.8. The molecule has 2 fully saturated rings. The lowest BCUT2D eigenvalue weighted by atomic mass is 9.86. The first kappa shape index (κ1) is 17.1. The van der Waals surface area contributed by atoms with Crippen LogP contribution >= 0.6 is 0 Å². The number of rotatable bonds is 4. The number of carbonyl (C=O) groups is 1. The summed E-state index contributed by atoms with van der Waals surface area (Å²) in [5, 5.41) is 3.29. The minimum Gasteiger partial charge on any atom is -0.352 e. The highest BCUT2D eigenvalue weighted by molar-refractivity contribution is 5.81. The Hall–Kier alpha value is -1.69. The number of carbonyl (C=O) groups excluding carboxylic acids is 1. The first-order chi connectivity index (χ1) is 11.6. The fourth-order valence-corrected chi connectivity index (χ4v) is 3.76. The van der Waals surface area contributed by atoms with Crippen molar-refractivity contribution in [1.82, 2.24) is 20.2 Å². The molecule has 24 heavy (non-hydrogen) atoms. The van der Waals surface area contributed by atoms with E-state index >= 15 is 0 Å². The molecule has 1 aliphatic carbocycles. The van der Waals surface area contributed by atoms with Crippen LogP contribution in [0.1, 0.15) is 39.5 Å². The van der Waals surface area contributed by atoms with E-state index in [-0.39, 0.29) is 11.9 Å². The summed E-state index contributed by atoms with van der Waals surface area (Å²) in [6.45, 7) is 7.74. The third-order valence-corrected chi connectivity index (χ3v) is 5.52. The lowest BCUT2D eigenvalue weighted by Crippen LogP contribution is -2.56. The van der Waals surface area contributed by atoms with Gasteiger partial charge in [0, 0.05) is 44.6 Å². The van der Waals surface area contributed by atoms with Gasteiger partial charge < -0.3 is 10.2 Å². The van der Waals surface area contributed by atoms with Crippen molar-refractivity contribution in [2.45, 2.75) is 51.6 Å². The van der Waals surface area contributed by atoms with Crippen molar-refractivity contribution >= 4 is 11.9 Å². The van der Waals surface area contributed by atoms with E-state index in [9.17, 15) is 4.79 Å². The van der Waals surface area contributed by atoms with Crippen LogP contribution in [0.2, 0.25) is 0 Å². The van der Waals surface area contributed by atoms with Gasteiger partial charge in [0.25, 0.3) is 0 Å². The summed E-state index contributed by atoms with van der Waals surface area (Å²) >= 11 is 0. The van der Waals surface area contributed by atoms with Crippen molar-refractivity contribution in [2.75, 3.05) is 31.1 Å². The zero-order chi connectivity index (χ0) is 16.9. The van der Waals surface area contributed by atoms with Crippen LogP contribution in [0.15, 0.2) is 18.5 Å². The number of nitrogens with one attached hydrogen (secondary N) is 1. The van der Waals surface area contributed by atoms with Crippen molar-refractivity contribution in [3.63, 3.8) is 0 Å². The maximum absolute atomic E-state index is 12.6. The van der Waals surface area contributed by atoms with E-state index in [0.29, 0.717) is 12.0 Å². The molecule has 1 saturated carbocycles. The van der Waals surface area contributed by atoms with E-state index < -0.39 is 0 Å². The number of hydrogen-bond donors (Lipinski definition) is 1. The highest BCUT2D eigenvalue weighted by atomic mass is 16.2. The molecule has 3 rings (SSSR count). The van der Waals surface area contributed by atoms with Gasteiger partial charge in [-0.2, -0.15) is 0 Å². The third-order valence-electron chi connectivity index (χ3n) is 5.52. The summed E-state index contributed by atoms with van der Waals surface area (Å²) in [5.74, 6) is 1.56. The number of hydrogen-bond acceptors (Lipinski definition) is 5. The SMILES string of the molecule is C[C@H](C(=O)N[C@H]1CCCC[C@@H]1C)N1CCN(c2ncccn2)CC1. The molecule has 6 heteroatoms. The van der Waals surface area contributed by atoms with E-state index in [0.717, 1.165) is 38.5 Å². The lowest BCUT2D eigenvalue weighted by molar-refractivity contribution is -0.127. The van der Waals surface area contributed by atoms with Crippen molar-refractivity contribution in [1.29, 1.82) is 0 Å². The Morgan fingerprint density at radius 2 is 1.83 bits per heavy atom. The summed E-state index contributed by atoms with van der Waals surface area (Å²) < 4.78 is 0. The number of anilines is 1. The first-order valence-electron chi connectivity index (χ1n) is 9.21. The predicted molar refractivity (Wildman–Crippen MR) is 94.8 cm³/mol. The van der Waals surface area contributed by atoms with Gasteiger partial charge in [0.2, 0.25) is 11.9 Å². The van der Waals surface area contributed by atoms with Gasteiger partial charge in [-0.05, 0) is 31.7 Å². The van der Waals surface area contributed by atoms with E-state index in [2.05, 4.69) is 32.0 Å². The fraction of sp³-hybridized carbons (Fsp3) is 0.722. The second-order valence-electron chi connectivity index (χ2n) is 7.12. The molecule has 1 saturated heterocycles. The zero-order valence-corrected chi connectivity index (χ0v) is 14.8. The van der Waals surface area contributed by atoms with E-state index in [4.69, 9.17) is 0 Å². The van der Waals surface area contributed by atoms with Crippen LogP contribution in [0.5, 0.6) is 0 Å². The maximum atomic E-state index is 12.6. The molecule has 2 heterocycles. The van der Waals surface area contributed by atoms with E-state index in [1.54, 1.807) is 12.4 Å². The summed E-state index contributed by atoms with van der Waals surface area (Å²) in [6.07, 6.45) is 8.44. The van der Waals surface area contributed by atoms with Gasteiger partial charge in [0.05, 0.1) is 6.04 Å². The van der Waals surface area contributed by atoms with Crippen molar-refractivity contribution in [3.05, 3.63) is 18.5 Å². The molecule has 3 atom stereocenters. The standard InChI is InChI=1S/C18H29N5O/c1-14-6-3-4-7-16(14)21-17(24)15(2)22-10-12-23(13-11-22)18-19-8-5-9-20-18/h5,8-9,14-16H,3-4,6-7,10-13H2,1-2H3,(H,21,24)/t14-,15+,16-/m0/s1. The predicted octanol–water partition coefficient (Wildman–Crippen LogP) is 1.68. The summed E-state index contributed by atoms with van der Waals surface area (Å²) in [6, 6.07) is 2.11. The second-order valence-corrected chi connectivity index (χ2v) is 7.12. The first-order valence-corrected chi connectivity index (χ1v) is 9.21. The summed E-state index contributed by atoms with van der Waals surface area (Å²) in [7, 11) is 0. The van der Waals surface area contributed by atoms with Gasteiger partial charge >= 0.3 is 0 Å². The minimum absolute atomic E-state index is 0.0713. The number of aromatic nitrogens is 2. The van der Waals surface area contributed by atoms with Crippen molar-refractivity contribution in [3.8, 4) is 0 Å². The highest BCUT2D eigenvalue weighted by Gasteiger charge is 2.29. The van der Waals surface area contributed by atoms with Gasteiger partial charge in [0.15, 0.2) is 0 Å². The van der Waals surface area contributed by atoms with Gasteiger partial charge in [-0.25, -0.2) is 9.97 Å². The maximum Gasteiger partial charge on any atom is 0.237 e. The van der Waals surface area contributed by atoms with Crippen molar-refractivity contribution < 1.29 is 4.79 Å². The molecule has 0 bridgehead atoms. The molecule has 1 aliphatic heterocycles. The van der Waals surface area contributed by atoms with Crippen LogP contribution in [0, 0.1) is 5.92 Å². The van der Waals surface area contributed by atoms with Crippen LogP contribution in [0.3, 0.4) is 0 Å². The van der Waals surface area contributed by atoms with Crippen molar-refractivity contribution in [2.24, 2.45) is 5.92 Å². The molecule has 1 aromatic heterocycles. The Morgan fingerprint density at radius 3 is 2.50 bits per heavy atom. The molecule has 0 aromatic carbocycles. The summed E-state index contributed by atoms with van der Waals surface area (Å²) in [4.78, 5) is 25.7. The Kier molecular flexibility index (Phi) is 5.66.